The van der Waals surface area contributed by atoms with Gasteiger partial charge in [-0.1, -0.05) is 0 Å². The van der Waals surface area contributed by atoms with Gasteiger partial charge in [0.15, 0.2) is 0 Å². The number of nitrogens with one attached hydrogen (secondary N) is 1. The highest BCUT2D eigenvalue weighted by Crippen LogP contribution is 2.16. The number of likely N-dealkylation sites (tertiary alicyclic amines) is 1. The highest BCUT2D eigenvalue weighted by Gasteiger charge is 2.22. The number of pyridine rings is 1. The number of rotatable bonds is 3. The average molecular weight is 233 g/mol. The van der Waals surface area contributed by atoms with E-state index in [9.17, 15) is 0 Å². The number of nitrogens with zero attached hydrogens (tertiary/aromatic N) is 2. The molecule has 0 aliphatic carbocycles. The summed E-state index contributed by atoms with van der Waals surface area (Å²) in [4.78, 5) is 6.63. The molecule has 2 atom stereocenters. The van der Waals surface area contributed by atoms with Gasteiger partial charge >= 0.3 is 0 Å². The van der Waals surface area contributed by atoms with E-state index in [4.69, 9.17) is 0 Å². The summed E-state index contributed by atoms with van der Waals surface area (Å²) < 4.78 is 0. The van der Waals surface area contributed by atoms with Crippen molar-refractivity contribution in [2.75, 3.05) is 13.6 Å². The summed E-state index contributed by atoms with van der Waals surface area (Å²) in [5, 5.41) is 3.66. The summed E-state index contributed by atoms with van der Waals surface area (Å²) in [6.45, 7) is 6.60. The Morgan fingerprint density at radius 1 is 1.53 bits per heavy atom. The van der Waals surface area contributed by atoms with Crippen LogP contribution >= 0.6 is 0 Å². The van der Waals surface area contributed by atoms with Crippen LogP contribution in [0.3, 0.4) is 0 Å². The molecule has 1 aromatic rings. The van der Waals surface area contributed by atoms with E-state index in [0.29, 0.717) is 12.1 Å². The lowest BCUT2D eigenvalue weighted by Gasteiger charge is -2.35. The topological polar surface area (TPSA) is 28.2 Å². The van der Waals surface area contributed by atoms with Crippen molar-refractivity contribution in [3.63, 3.8) is 0 Å². The molecule has 3 heteroatoms. The van der Waals surface area contributed by atoms with Gasteiger partial charge in [-0.15, -0.1) is 0 Å². The third-order valence-electron chi connectivity index (χ3n) is 3.94. The first-order valence-electron chi connectivity index (χ1n) is 6.50. The van der Waals surface area contributed by atoms with Crippen LogP contribution in [0.4, 0.5) is 0 Å². The molecule has 3 nitrogen and oxygen atoms in total. The van der Waals surface area contributed by atoms with Crippen LogP contribution in [0.15, 0.2) is 18.5 Å². The van der Waals surface area contributed by atoms with E-state index in [2.05, 4.69) is 42.2 Å². The molecular weight excluding hydrogens is 210 g/mol. The largest absolute Gasteiger partial charge is 0.310 e. The van der Waals surface area contributed by atoms with Gasteiger partial charge < -0.3 is 10.2 Å². The minimum atomic E-state index is 0.654. The molecule has 2 rings (SSSR count). The molecule has 0 bridgehead atoms. The van der Waals surface area contributed by atoms with Gasteiger partial charge in [0.2, 0.25) is 0 Å². The van der Waals surface area contributed by atoms with Gasteiger partial charge in [0, 0.05) is 31.0 Å². The molecule has 17 heavy (non-hydrogen) atoms. The number of piperidine rings is 1. The van der Waals surface area contributed by atoms with Crippen LogP contribution in [0.5, 0.6) is 0 Å². The Hall–Kier alpha value is -0.930. The minimum Gasteiger partial charge on any atom is -0.310 e. The zero-order chi connectivity index (χ0) is 12.3. The number of hydrogen-bond donors (Lipinski definition) is 1. The third kappa shape index (κ3) is 3.27. The predicted octanol–water partition coefficient (Wildman–Crippen LogP) is 1.96. The molecule has 1 aliphatic rings. The van der Waals surface area contributed by atoms with Crippen molar-refractivity contribution in [3.8, 4) is 0 Å². The van der Waals surface area contributed by atoms with E-state index in [1.54, 1.807) is 0 Å². The number of hydrogen-bond acceptors (Lipinski definition) is 3. The van der Waals surface area contributed by atoms with Crippen molar-refractivity contribution in [2.45, 2.75) is 45.3 Å². The maximum Gasteiger partial charge on any atom is 0.0315 e. The van der Waals surface area contributed by atoms with E-state index >= 15 is 0 Å². The SMILES string of the molecule is Cc1ccncc1CNC1CCN(C)C(C)C1. The first-order valence-corrected chi connectivity index (χ1v) is 6.50. The van der Waals surface area contributed by atoms with Crippen molar-refractivity contribution in [3.05, 3.63) is 29.6 Å². The molecule has 0 amide bonds. The quantitative estimate of drug-likeness (QED) is 0.865. The fourth-order valence-corrected chi connectivity index (χ4v) is 2.41. The molecule has 94 valence electrons. The van der Waals surface area contributed by atoms with Gasteiger partial charge in [-0.3, -0.25) is 4.98 Å². The summed E-state index contributed by atoms with van der Waals surface area (Å²) in [6.07, 6.45) is 6.33. The van der Waals surface area contributed by atoms with Gasteiger partial charge in [0.05, 0.1) is 0 Å². The van der Waals surface area contributed by atoms with Crippen molar-refractivity contribution in [2.24, 2.45) is 0 Å². The second kappa shape index (κ2) is 5.61. The van der Waals surface area contributed by atoms with Crippen LogP contribution in [0, 0.1) is 6.92 Å². The van der Waals surface area contributed by atoms with Gasteiger partial charge in [-0.05, 0) is 57.5 Å². The van der Waals surface area contributed by atoms with Gasteiger partial charge in [-0.25, -0.2) is 0 Å². The molecule has 1 saturated heterocycles. The molecule has 0 aromatic carbocycles. The average Bonchev–Trinajstić information content (AvgIpc) is 2.32. The lowest BCUT2D eigenvalue weighted by atomic mass is 9.98. The van der Waals surface area contributed by atoms with E-state index in [-0.39, 0.29) is 0 Å². The van der Waals surface area contributed by atoms with Crippen molar-refractivity contribution >= 4 is 0 Å². The van der Waals surface area contributed by atoms with Crippen LogP contribution in [0.1, 0.15) is 30.9 Å². The molecule has 2 unspecified atom stereocenters. The molecule has 1 aliphatic heterocycles. The smallest absolute Gasteiger partial charge is 0.0315 e. The summed E-state index contributed by atoms with van der Waals surface area (Å²) in [5.41, 5.74) is 2.65. The van der Waals surface area contributed by atoms with Crippen LogP contribution in [-0.2, 0) is 6.54 Å². The Morgan fingerprint density at radius 2 is 2.35 bits per heavy atom. The van der Waals surface area contributed by atoms with Crippen molar-refractivity contribution in [1.29, 1.82) is 0 Å². The first kappa shape index (κ1) is 12.5. The van der Waals surface area contributed by atoms with Gasteiger partial charge in [0.1, 0.15) is 0 Å². The Morgan fingerprint density at radius 3 is 3.06 bits per heavy atom. The minimum absolute atomic E-state index is 0.654. The first-order chi connectivity index (χ1) is 8.16. The van der Waals surface area contributed by atoms with Crippen molar-refractivity contribution < 1.29 is 0 Å². The normalized spacial score (nSPS) is 26.1. The standard InChI is InChI=1S/C14H23N3/c1-11-4-6-15-9-13(11)10-16-14-5-7-17(3)12(2)8-14/h4,6,9,12,14,16H,5,7-8,10H2,1-3H3. The molecule has 1 N–H and O–H groups in total. The second-order valence-electron chi connectivity index (χ2n) is 5.23. The molecular formula is C14H23N3. The summed E-state index contributed by atoms with van der Waals surface area (Å²) in [6, 6.07) is 3.42. The zero-order valence-electron chi connectivity index (χ0n) is 11.1. The Balaban J connectivity index is 1.85. The van der Waals surface area contributed by atoms with Crippen molar-refractivity contribution in [1.82, 2.24) is 15.2 Å². The number of aromatic nitrogens is 1. The molecule has 0 spiro atoms. The number of aryl methyl sites for hydroxylation is 1. The fraction of sp³-hybridized carbons (Fsp3) is 0.643. The highest BCUT2D eigenvalue weighted by atomic mass is 15.1. The van der Waals surface area contributed by atoms with E-state index in [0.717, 1.165) is 6.54 Å². The maximum atomic E-state index is 4.19. The molecule has 0 saturated carbocycles. The van der Waals surface area contributed by atoms with Gasteiger partial charge in [0.25, 0.3) is 0 Å². The van der Waals surface area contributed by atoms with E-state index in [1.807, 2.05) is 12.4 Å². The molecule has 1 aromatic heterocycles. The lowest BCUT2D eigenvalue weighted by molar-refractivity contribution is 0.168. The van der Waals surface area contributed by atoms with Gasteiger partial charge in [-0.2, -0.15) is 0 Å². The summed E-state index contributed by atoms with van der Waals surface area (Å²) >= 11 is 0. The molecule has 0 radical (unpaired) electrons. The summed E-state index contributed by atoms with van der Waals surface area (Å²) in [7, 11) is 2.21. The van der Waals surface area contributed by atoms with Crippen LogP contribution in [0.2, 0.25) is 0 Å². The van der Waals surface area contributed by atoms with Crippen LogP contribution < -0.4 is 5.32 Å². The van der Waals surface area contributed by atoms with E-state index in [1.165, 1.54) is 30.5 Å². The predicted molar refractivity (Wildman–Crippen MR) is 70.9 cm³/mol. The van der Waals surface area contributed by atoms with E-state index < -0.39 is 0 Å². The van der Waals surface area contributed by atoms with Crippen LogP contribution in [-0.4, -0.2) is 35.6 Å². The lowest BCUT2D eigenvalue weighted by Crippen LogP contribution is -2.45. The Labute approximate surface area is 104 Å². The highest BCUT2D eigenvalue weighted by molar-refractivity contribution is 5.21. The fourth-order valence-electron chi connectivity index (χ4n) is 2.41. The maximum absolute atomic E-state index is 4.19. The third-order valence-corrected chi connectivity index (χ3v) is 3.94. The van der Waals surface area contributed by atoms with Crippen LogP contribution in [0.25, 0.3) is 0 Å². The zero-order valence-corrected chi connectivity index (χ0v) is 11.1. The molecule has 1 fully saturated rings. The summed E-state index contributed by atoms with van der Waals surface area (Å²) in [5.74, 6) is 0. The monoisotopic (exact) mass is 233 g/mol. The second-order valence-corrected chi connectivity index (χ2v) is 5.23. The Bertz CT molecular complexity index is 364. The molecule has 2 heterocycles. The Kier molecular flexibility index (Phi) is 4.13.